The minimum Gasteiger partial charge on any atom is -0.385 e. The highest BCUT2D eigenvalue weighted by molar-refractivity contribution is 7.12. The van der Waals surface area contributed by atoms with Gasteiger partial charge in [-0.15, -0.1) is 11.3 Å². The van der Waals surface area contributed by atoms with E-state index in [0.717, 1.165) is 17.7 Å². The maximum absolute atomic E-state index is 10.5. The van der Waals surface area contributed by atoms with Crippen LogP contribution in [0.5, 0.6) is 0 Å². The lowest BCUT2D eigenvalue weighted by atomic mass is 9.96. The van der Waals surface area contributed by atoms with Crippen molar-refractivity contribution in [3.05, 3.63) is 39.8 Å². The molecule has 0 saturated carbocycles. The Kier molecular flexibility index (Phi) is 3.35. The van der Waals surface area contributed by atoms with E-state index in [0.29, 0.717) is 0 Å². The maximum atomic E-state index is 10.5. The van der Waals surface area contributed by atoms with Gasteiger partial charge >= 0.3 is 0 Å². The highest BCUT2D eigenvalue weighted by atomic mass is 32.1. The Balaban J connectivity index is 2.02. The van der Waals surface area contributed by atoms with Crippen LogP contribution in [0.15, 0.2) is 24.5 Å². The average molecular weight is 250 g/mol. The van der Waals surface area contributed by atoms with Crippen LogP contribution in [0.4, 0.5) is 0 Å². The summed E-state index contributed by atoms with van der Waals surface area (Å²) in [7, 11) is 1.91. The van der Waals surface area contributed by atoms with Gasteiger partial charge in [-0.2, -0.15) is 5.10 Å². The number of aliphatic hydroxyl groups is 1. The average Bonchev–Trinajstić information content (AvgIpc) is 2.85. The van der Waals surface area contributed by atoms with Gasteiger partial charge in [0, 0.05) is 23.0 Å². The van der Waals surface area contributed by atoms with Gasteiger partial charge in [0.2, 0.25) is 0 Å². The Hall–Kier alpha value is -1.13. The van der Waals surface area contributed by atoms with Gasteiger partial charge in [0.1, 0.15) is 0 Å². The molecule has 0 radical (unpaired) electrons. The largest absolute Gasteiger partial charge is 0.385 e. The van der Waals surface area contributed by atoms with E-state index in [4.69, 9.17) is 0 Å². The molecule has 0 fully saturated rings. The van der Waals surface area contributed by atoms with Gasteiger partial charge < -0.3 is 5.11 Å². The third-order valence-corrected chi connectivity index (χ3v) is 4.18. The van der Waals surface area contributed by atoms with Crippen LogP contribution in [0.1, 0.15) is 28.7 Å². The molecule has 2 aromatic rings. The van der Waals surface area contributed by atoms with Gasteiger partial charge in [0.05, 0.1) is 11.8 Å². The second kappa shape index (κ2) is 4.63. The molecule has 1 atom stereocenters. The molecule has 0 spiro atoms. The lowest BCUT2D eigenvalue weighted by Crippen LogP contribution is -2.20. The van der Waals surface area contributed by atoms with Crippen molar-refractivity contribution in [2.24, 2.45) is 7.05 Å². The van der Waals surface area contributed by atoms with Crippen LogP contribution in [0, 0.1) is 6.92 Å². The van der Waals surface area contributed by atoms with Crippen LogP contribution in [-0.4, -0.2) is 14.9 Å². The van der Waals surface area contributed by atoms with Crippen molar-refractivity contribution in [2.75, 3.05) is 0 Å². The Labute approximate surface area is 106 Å². The van der Waals surface area contributed by atoms with E-state index in [1.54, 1.807) is 16.0 Å². The van der Waals surface area contributed by atoms with Crippen LogP contribution in [-0.2, 0) is 19.1 Å². The number of nitrogens with zero attached hydrogens (tertiary/aromatic N) is 2. The smallest absolute Gasteiger partial charge is 0.0963 e. The third kappa shape index (κ3) is 2.96. The van der Waals surface area contributed by atoms with Crippen molar-refractivity contribution >= 4 is 11.3 Å². The topological polar surface area (TPSA) is 38.1 Å². The van der Waals surface area contributed by atoms with E-state index >= 15 is 0 Å². The van der Waals surface area contributed by atoms with E-state index in [9.17, 15) is 5.11 Å². The predicted octanol–water partition coefficient (Wildman–Crippen LogP) is 2.63. The first-order chi connectivity index (χ1) is 7.97. The molecule has 0 bridgehead atoms. The first kappa shape index (κ1) is 12.3. The van der Waals surface area contributed by atoms with Gasteiger partial charge in [-0.25, -0.2) is 0 Å². The van der Waals surface area contributed by atoms with Crippen LogP contribution < -0.4 is 0 Å². The molecule has 2 heterocycles. The van der Waals surface area contributed by atoms with Crippen molar-refractivity contribution in [2.45, 2.75) is 32.3 Å². The summed E-state index contributed by atoms with van der Waals surface area (Å²) in [5.41, 5.74) is 0.426. The molecule has 2 rings (SSSR count). The summed E-state index contributed by atoms with van der Waals surface area (Å²) < 4.78 is 1.79. The molecule has 4 heteroatoms. The van der Waals surface area contributed by atoms with Crippen molar-refractivity contribution in [1.82, 2.24) is 9.78 Å². The van der Waals surface area contributed by atoms with Crippen LogP contribution in [0.3, 0.4) is 0 Å². The summed E-state index contributed by atoms with van der Waals surface area (Å²) >= 11 is 1.66. The molecular weight excluding hydrogens is 232 g/mol. The molecule has 2 aromatic heterocycles. The molecule has 0 saturated heterocycles. The Morgan fingerprint density at radius 3 is 2.76 bits per heavy atom. The first-order valence-corrected chi connectivity index (χ1v) is 6.56. The first-order valence-electron chi connectivity index (χ1n) is 5.74. The van der Waals surface area contributed by atoms with Crippen LogP contribution in [0.25, 0.3) is 0 Å². The summed E-state index contributed by atoms with van der Waals surface area (Å²) in [6.07, 6.45) is 5.42. The lowest BCUT2D eigenvalue weighted by Gasteiger charge is -2.21. The minimum atomic E-state index is -0.741. The SMILES string of the molecule is Cc1ccc(C(C)(O)CCc2cnn(C)c2)s1. The number of hydrogen-bond acceptors (Lipinski definition) is 3. The van der Waals surface area contributed by atoms with Gasteiger partial charge in [0.25, 0.3) is 0 Å². The van der Waals surface area contributed by atoms with Crippen molar-refractivity contribution in [3.8, 4) is 0 Å². The van der Waals surface area contributed by atoms with Gasteiger partial charge in [-0.05, 0) is 44.4 Å². The molecule has 1 N–H and O–H groups in total. The maximum Gasteiger partial charge on any atom is 0.0963 e. The number of thiophene rings is 1. The highest BCUT2D eigenvalue weighted by Gasteiger charge is 2.24. The lowest BCUT2D eigenvalue weighted by molar-refractivity contribution is 0.0518. The number of rotatable bonds is 4. The Morgan fingerprint density at radius 1 is 1.47 bits per heavy atom. The number of aromatic nitrogens is 2. The molecule has 0 aliphatic rings. The minimum absolute atomic E-state index is 0.721. The molecule has 0 aliphatic heterocycles. The zero-order valence-corrected chi connectivity index (χ0v) is 11.3. The second-order valence-electron chi connectivity index (χ2n) is 4.71. The fourth-order valence-electron chi connectivity index (χ4n) is 1.84. The fourth-order valence-corrected chi connectivity index (χ4v) is 2.78. The summed E-state index contributed by atoms with van der Waals surface area (Å²) in [4.78, 5) is 2.28. The van der Waals surface area contributed by atoms with E-state index in [1.807, 2.05) is 32.4 Å². The fraction of sp³-hybridized carbons (Fsp3) is 0.462. The molecule has 92 valence electrons. The van der Waals surface area contributed by atoms with Gasteiger partial charge in [-0.1, -0.05) is 0 Å². The second-order valence-corrected chi connectivity index (χ2v) is 5.99. The molecule has 1 unspecified atom stereocenters. The molecule has 0 aliphatic carbocycles. The Morgan fingerprint density at radius 2 is 2.24 bits per heavy atom. The normalized spacial score (nSPS) is 14.8. The van der Waals surface area contributed by atoms with Gasteiger partial charge in [0.15, 0.2) is 0 Å². The van der Waals surface area contributed by atoms with E-state index in [2.05, 4.69) is 18.1 Å². The van der Waals surface area contributed by atoms with Crippen LogP contribution in [0.2, 0.25) is 0 Å². The molecule has 0 amide bonds. The molecule has 17 heavy (non-hydrogen) atoms. The number of hydrogen-bond donors (Lipinski definition) is 1. The summed E-state index contributed by atoms with van der Waals surface area (Å²) in [5.74, 6) is 0. The summed E-state index contributed by atoms with van der Waals surface area (Å²) in [5, 5.41) is 14.6. The highest BCUT2D eigenvalue weighted by Crippen LogP contribution is 2.31. The zero-order chi connectivity index (χ0) is 12.5. The Bertz CT molecular complexity index is 499. The predicted molar refractivity (Wildman–Crippen MR) is 70.2 cm³/mol. The third-order valence-electron chi connectivity index (χ3n) is 2.93. The standard InChI is InChI=1S/C13H18N2OS/c1-10-4-5-12(17-10)13(2,16)7-6-11-8-14-15(3)9-11/h4-5,8-9,16H,6-7H2,1-3H3. The van der Waals surface area contributed by atoms with E-state index in [-0.39, 0.29) is 0 Å². The van der Waals surface area contributed by atoms with Crippen LogP contribution >= 0.6 is 11.3 Å². The van der Waals surface area contributed by atoms with E-state index < -0.39 is 5.60 Å². The monoisotopic (exact) mass is 250 g/mol. The molecule has 0 aromatic carbocycles. The van der Waals surface area contributed by atoms with Crippen molar-refractivity contribution in [3.63, 3.8) is 0 Å². The molecular formula is C13H18N2OS. The zero-order valence-electron chi connectivity index (χ0n) is 10.5. The van der Waals surface area contributed by atoms with Crippen molar-refractivity contribution < 1.29 is 5.11 Å². The quantitative estimate of drug-likeness (QED) is 0.906. The summed E-state index contributed by atoms with van der Waals surface area (Å²) in [6.45, 7) is 3.94. The van der Waals surface area contributed by atoms with Crippen molar-refractivity contribution in [1.29, 1.82) is 0 Å². The molecule has 3 nitrogen and oxygen atoms in total. The van der Waals surface area contributed by atoms with Gasteiger partial charge in [-0.3, -0.25) is 4.68 Å². The van der Waals surface area contributed by atoms with E-state index in [1.165, 1.54) is 10.4 Å². The summed E-state index contributed by atoms with van der Waals surface area (Å²) in [6, 6.07) is 4.07. The number of aryl methyl sites for hydroxylation is 3.